The van der Waals surface area contributed by atoms with Crippen LogP contribution in [0.2, 0.25) is 0 Å². The zero-order chi connectivity index (χ0) is 19.7. The molecule has 1 aliphatic heterocycles. The number of nitrogens with zero attached hydrogens (tertiary/aromatic N) is 1. The molecule has 2 aliphatic rings. The van der Waals surface area contributed by atoms with Gasteiger partial charge in [0.25, 0.3) is 10.0 Å². The van der Waals surface area contributed by atoms with Crippen LogP contribution in [-0.2, 0) is 10.0 Å². The number of nitrogens with one attached hydrogen (secondary N) is 4. The van der Waals surface area contributed by atoms with Crippen LogP contribution in [0.1, 0.15) is 21.5 Å². The summed E-state index contributed by atoms with van der Waals surface area (Å²) >= 11 is 0. The van der Waals surface area contributed by atoms with Gasteiger partial charge in [-0.15, -0.1) is 0 Å². The summed E-state index contributed by atoms with van der Waals surface area (Å²) in [5.41, 5.74) is 8.11. The quantitative estimate of drug-likeness (QED) is 0.603. The SMILES string of the molecule is Cc1ccc(S(=O)(=O)/N=C2\C=C(NC3NCNN3)C(=O)c3ccccc32)cc1. The Kier molecular flexibility index (Phi) is 4.82. The number of carbonyl (C=O) groups is 1. The average Bonchev–Trinajstić information content (AvgIpc) is 3.19. The van der Waals surface area contributed by atoms with Gasteiger partial charge in [-0.2, -0.15) is 12.8 Å². The highest BCUT2D eigenvalue weighted by molar-refractivity contribution is 7.90. The molecule has 144 valence electrons. The lowest BCUT2D eigenvalue weighted by Crippen LogP contribution is -2.48. The topological polar surface area (TPSA) is 112 Å². The summed E-state index contributed by atoms with van der Waals surface area (Å²) in [4.78, 5) is 12.9. The molecule has 1 heterocycles. The van der Waals surface area contributed by atoms with Crippen molar-refractivity contribution in [2.24, 2.45) is 4.40 Å². The normalized spacial score (nSPS) is 20.8. The van der Waals surface area contributed by atoms with E-state index >= 15 is 0 Å². The van der Waals surface area contributed by atoms with Crippen LogP contribution in [0.5, 0.6) is 0 Å². The summed E-state index contributed by atoms with van der Waals surface area (Å²) in [6.45, 7) is 2.41. The van der Waals surface area contributed by atoms with Gasteiger partial charge in [0, 0.05) is 11.1 Å². The van der Waals surface area contributed by atoms with Gasteiger partial charge in [-0.05, 0) is 25.1 Å². The van der Waals surface area contributed by atoms with E-state index in [4.69, 9.17) is 0 Å². The number of carbonyl (C=O) groups excluding carboxylic acids is 1. The molecule has 1 saturated heterocycles. The monoisotopic (exact) mass is 397 g/mol. The Bertz CT molecular complexity index is 1080. The molecule has 9 heteroatoms. The second kappa shape index (κ2) is 7.28. The lowest BCUT2D eigenvalue weighted by Gasteiger charge is -2.21. The first kappa shape index (κ1) is 18.5. The summed E-state index contributed by atoms with van der Waals surface area (Å²) in [5.74, 6) is -0.224. The molecule has 0 spiro atoms. The van der Waals surface area contributed by atoms with Gasteiger partial charge in [-0.3, -0.25) is 10.1 Å². The van der Waals surface area contributed by atoms with Crippen molar-refractivity contribution in [3.63, 3.8) is 0 Å². The number of hydrazine groups is 1. The summed E-state index contributed by atoms with van der Waals surface area (Å²) in [5, 5.41) is 6.08. The van der Waals surface area contributed by atoms with Gasteiger partial charge in [0.1, 0.15) is 6.29 Å². The molecule has 1 aliphatic carbocycles. The van der Waals surface area contributed by atoms with Crippen molar-refractivity contribution >= 4 is 21.5 Å². The van der Waals surface area contributed by atoms with Crippen molar-refractivity contribution in [2.45, 2.75) is 18.1 Å². The highest BCUT2D eigenvalue weighted by Gasteiger charge is 2.27. The van der Waals surface area contributed by atoms with E-state index in [0.29, 0.717) is 17.8 Å². The number of fused-ring (bicyclic) bond motifs is 1. The van der Waals surface area contributed by atoms with Crippen molar-refractivity contribution in [1.82, 2.24) is 21.5 Å². The minimum Gasteiger partial charge on any atom is -0.353 e. The van der Waals surface area contributed by atoms with E-state index in [9.17, 15) is 13.2 Å². The number of benzene rings is 2. The molecule has 2 aromatic rings. The number of Topliss-reactive ketones (excluding diaryl/α,β-unsaturated/α-hetero) is 1. The van der Waals surface area contributed by atoms with Crippen molar-refractivity contribution in [3.8, 4) is 0 Å². The van der Waals surface area contributed by atoms with Crippen LogP contribution in [0.25, 0.3) is 0 Å². The van der Waals surface area contributed by atoms with E-state index in [1.165, 1.54) is 18.2 Å². The molecule has 1 fully saturated rings. The van der Waals surface area contributed by atoms with Crippen LogP contribution in [-0.4, -0.2) is 32.9 Å². The van der Waals surface area contributed by atoms with Gasteiger partial charge in [0.2, 0.25) is 5.78 Å². The summed E-state index contributed by atoms with van der Waals surface area (Å²) in [6.07, 6.45) is 1.10. The van der Waals surface area contributed by atoms with Gasteiger partial charge in [-0.25, -0.2) is 10.9 Å². The summed E-state index contributed by atoms with van der Waals surface area (Å²) in [6, 6.07) is 13.3. The first-order valence-corrected chi connectivity index (χ1v) is 10.1. The van der Waals surface area contributed by atoms with Crippen LogP contribution in [0.4, 0.5) is 0 Å². The maximum absolute atomic E-state index is 12.8. The fourth-order valence-corrected chi connectivity index (χ4v) is 4.00. The van der Waals surface area contributed by atoms with Crippen LogP contribution in [0.15, 0.2) is 69.6 Å². The zero-order valence-corrected chi connectivity index (χ0v) is 15.9. The Hall–Kier alpha value is -2.85. The van der Waals surface area contributed by atoms with Gasteiger partial charge in [0.15, 0.2) is 0 Å². The van der Waals surface area contributed by atoms with E-state index < -0.39 is 10.0 Å². The minimum absolute atomic E-state index is 0.103. The van der Waals surface area contributed by atoms with E-state index in [1.807, 2.05) is 6.92 Å². The van der Waals surface area contributed by atoms with E-state index in [0.717, 1.165) is 5.56 Å². The molecular formula is C19H19N5O3S. The largest absolute Gasteiger partial charge is 0.353 e. The maximum atomic E-state index is 12.8. The second-order valence-corrected chi connectivity index (χ2v) is 8.08. The van der Waals surface area contributed by atoms with Crippen molar-refractivity contribution < 1.29 is 13.2 Å². The Morgan fingerprint density at radius 2 is 1.79 bits per heavy atom. The zero-order valence-electron chi connectivity index (χ0n) is 15.1. The molecule has 2 aromatic carbocycles. The van der Waals surface area contributed by atoms with Crippen molar-refractivity contribution in [2.75, 3.05) is 6.67 Å². The molecule has 0 saturated carbocycles. The molecule has 28 heavy (non-hydrogen) atoms. The first-order valence-electron chi connectivity index (χ1n) is 8.70. The highest BCUT2D eigenvalue weighted by atomic mass is 32.2. The van der Waals surface area contributed by atoms with Crippen LogP contribution >= 0.6 is 0 Å². The van der Waals surface area contributed by atoms with Gasteiger partial charge >= 0.3 is 0 Å². The van der Waals surface area contributed by atoms with Gasteiger partial charge < -0.3 is 5.32 Å². The number of hydrogen-bond acceptors (Lipinski definition) is 7. The fraction of sp³-hybridized carbons (Fsp3) is 0.158. The third-order valence-corrected chi connectivity index (χ3v) is 5.76. The molecule has 0 aromatic heterocycles. The predicted octanol–water partition coefficient (Wildman–Crippen LogP) is 0.781. The lowest BCUT2D eigenvalue weighted by molar-refractivity contribution is 0.102. The Morgan fingerprint density at radius 3 is 2.46 bits per heavy atom. The van der Waals surface area contributed by atoms with E-state index in [-0.39, 0.29) is 28.4 Å². The maximum Gasteiger partial charge on any atom is 0.282 e. The molecule has 0 radical (unpaired) electrons. The number of sulfonamides is 1. The predicted molar refractivity (Wildman–Crippen MR) is 105 cm³/mol. The van der Waals surface area contributed by atoms with Crippen LogP contribution in [0.3, 0.4) is 0 Å². The Morgan fingerprint density at radius 1 is 1.07 bits per heavy atom. The van der Waals surface area contributed by atoms with Gasteiger partial charge in [-0.1, -0.05) is 42.0 Å². The first-order chi connectivity index (χ1) is 13.4. The smallest absolute Gasteiger partial charge is 0.282 e. The third-order valence-electron chi connectivity index (χ3n) is 4.45. The molecule has 0 amide bonds. The van der Waals surface area contributed by atoms with Crippen molar-refractivity contribution in [1.29, 1.82) is 0 Å². The van der Waals surface area contributed by atoms with Crippen LogP contribution < -0.4 is 21.5 Å². The number of allylic oxidation sites excluding steroid dienone is 2. The molecule has 4 rings (SSSR count). The lowest BCUT2D eigenvalue weighted by atomic mass is 9.92. The summed E-state index contributed by atoms with van der Waals surface area (Å²) in [7, 11) is -3.93. The Labute approximate surface area is 162 Å². The van der Waals surface area contributed by atoms with Crippen LogP contribution in [0, 0.1) is 6.92 Å². The van der Waals surface area contributed by atoms with E-state index in [1.54, 1.807) is 36.4 Å². The molecule has 0 bridgehead atoms. The number of rotatable bonds is 4. The number of aryl methyl sites for hydroxylation is 1. The second-order valence-electron chi connectivity index (χ2n) is 6.48. The standard InChI is InChI=1S/C19H19N5O3S/c1-12-6-8-13(9-7-12)28(26,27)24-16-10-17(22-19-20-11-21-23-19)18(25)15-5-3-2-4-14(15)16/h2-10,19-23H,11H2,1H3/b24-16+. The number of hydrogen-bond donors (Lipinski definition) is 4. The van der Waals surface area contributed by atoms with Gasteiger partial charge in [0.05, 0.1) is 23.0 Å². The minimum atomic E-state index is -3.93. The molecule has 4 N–H and O–H groups in total. The van der Waals surface area contributed by atoms with Crippen molar-refractivity contribution in [3.05, 3.63) is 77.0 Å². The molecule has 8 nitrogen and oxygen atoms in total. The fourth-order valence-electron chi connectivity index (χ4n) is 3.00. The molecule has 1 unspecified atom stereocenters. The average molecular weight is 397 g/mol. The third kappa shape index (κ3) is 3.60. The highest BCUT2D eigenvalue weighted by Crippen LogP contribution is 2.23. The van der Waals surface area contributed by atoms with E-state index in [2.05, 4.69) is 25.9 Å². The Balaban J connectivity index is 1.78. The number of ketones is 1. The molecule has 1 atom stereocenters. The molecular weight excluding hydrogens is 378 g/mol. The summed E-state index contributed by atoms with van der Waals surface area (Å²) < 4.78 is 29.6.